The van der Waals surface area contributed by atoms with Gasteiger partial charge in [-0.1, -0.05) is 6.42 Å². The van der Waals surface area contributed by atoms with Crippen molar-refractivity contribution in [2.45, 2.75) is 32.6 Å². The zero-order chi connectivity index (χ0) is 15.2. The van der Waals surface area contributed by atoms with Crippen LogP contribution in [-0.4, -0.2) is 46.3 Å². The van der Waals surface area contributed by atoms with Crippen LogP contribution in [0.15, 0.2) is 6.07 Å². The van der Waals surface area contributed by atoms with Crippen LogP contribution in [0.4, 0.5) is 10.6 Å². The minimum atomic E-state index is -0.278. The van der Waals surface area contributed by atoms with Crippen LogP contribution in [-0.2, 0) is 11.8 Å². The van der Waals surface area contributed by atoms with E-state index in [4.69, 9.17) is 0 Å². The number of amides is 3. The summed E-state index contributed by atoms with van der Waals surface area (Å²) in [4.78, 5) is 25.4. The van der Waals surface area contributed by atoms with Gasteiger partial charge in [-0.05, 0) is 19.8 Å². The van der Waals surface area contributed by atoms with Gasteiger partial charge < -0.3 is 10.2 Å². The molecule has 1 fully saturated rings. The standard InChI is InChI=1S/C14H23N5O2/c1-11-10-12(18(2)17-11)16-14(21)15-7-9-19-8-5-3-4-6-13(19)20/h10H,3-9H2,1-2H3,(H2,15,16,21). The second kappa shape index (κ2) is 7.10. The molecule has 0 aliphatic carbocycles. The zero-order valence-corrected chi connectivity index (χ0v) is 12.7. The van der Waals surface area contributed by atoms with E-state index in [9.17, 15) is 9.59 Å². The molecule has 1 aliphatic heterocycles. The number of nitrogens with zero attached hydrogens (tertiary/aromatic N) is 3. The fourth-order valence-corrected chi connectivity index (χ4v) is 2.47. The van der Waals surface area contributed by atoms with Crippen molar-refractivity contribution in [1.82, 2.24) is 20.0 Å². The summed E-state index contributed by atoms with van der Waals surface area (Å²) in [5, 5.41) is 9.67. The van der Waals surface area contributed by atoms with Gasteiger partial charge >= 0.3 is 6.03 Å². The average Bonchev–Trinajstić information content (AvgIpc) is 2.61. The van der Waals surface area contributed by atoms with Crippen molar-refractivity contribution in [3.8, 4) is 0 Å². The van der Waals surface area contributed by atoms with Gasteiger partial charge in [-0.25, -0.2) is 4.79 Å². The molecule has 7 heteroatoms. The van der Waals surface area contributed by atoms with E-state index < -0.39 is 0 Å². The van der Waals surface area contributed by atoms with Crippen LogP contribution < -0.4 is 10.6 Å². The third kappa shape index (κ3) is 4.47. The molecule has 1 aliphatic rings. The SMILES string of the molecule is Cc1cc(NC(=O)NCCN2CCCCCC2=O)n(C)n1. The predicted octanol–water partition coefficient (Wildman–Crippen LogP) is 1.25. The molecule has 2 N–H and O–H groups in total. The highest BCUT2D eigenvalue weighted by molar-refractivity contribution is 5.88. The molecular weight excluding hydrogens is 270 g/mol. The van der Waals surface area contributed by atoms with Gasteiger partial charge in [0.05, 0.1) is 5.69 Å². The number of urea groups is 1. The first-order valence-electron chi connectivity index (χ1n) is 7.39. The van der Waals surface area contributed by atoms with Gasteiger partial charge in [-0.2, -0.15) is 5.10 Å². The van der Waals surface area contributed by atoms with Crippen molar-refractivity contribution in [3.05, 3.63) is 11.8 Å². The van der Waals surface area contributed by atoms with Crippen LogP contribution >= 0.6 is 0 Å². The summed E-state index contributed by atoms with van der Waals surface area (Å²) >= 11 is 0. The first-order chi connectivity index (χ1) is 10.1. The number of aromatic nitrogens is 2. The first kappa shape index (κ1) is 15.3. The fourth-order valence-electron chi connectivity index (χ4n) is 2.47. The molecule has 21 heavy (non-hydrogen) atoms. The van der Waals surface area contributed by atoms with Crippen LogP contribution in [0.3, 0.4) is 0 Å². The average molecular weight is 293 g/mol. The van der Waals surface area contributed by atoms with Crippen molar-refractivity contribution in [3.63, 3.8) is 0 Å². The lowest BCUT2D eigenvalue weighted by atomic mass is 10.2. The second-order valence-electron chi connectivity index (χ2n) is 5.37. The maximum absolute atomic E-state index is 11.8. The van der Waals surface area contributed by atoms with Crippen molar-refractivity contribution in [2.24, 2.45) is 7.05 Å². The van der Waals surface area contributed by atoms with E-state index in [-0.39, 0.29) is 11.9 Å². The highest BCUT2D eigenvalue weighted by Gasteiger charge is 2.16. The third-order valence-corrected chi connectivity index (χ3v) is 3.58. The van der Waals surface area contributed by atoms with E-state index in [0.29, 0.717) is 25.3 Å². The first-order valence-corrected chi connectivity index (χ1v) is 7.39. The molecular formula is C14H23N5O2. The van der Waals surface area contributed by atoms with Crippen molar-refractivity contribution >= 4 is 17.8 Å². The third-order valence-electron chi connectivity index (χ3n) is 3.58. The van der Waals surface area contributed by atoms with Gasteiger partial charge in [0, 0.05) is 39.2 Å². The van der Waals surface area contributed by atoms with E-state index in [0.717, 1.165) is 31.5 Å². The number of rotatable bonds is 4. The Hall–Kier alpha value is -2.05. The molecule has 0 bridgehead atoms. The Morgan fingerprint density at radius 2 is 2.19 bits per heavy atom. The molecule has 7 nitrogen and oxygen atoms in total. The van der Waals surface area contributed by atoms with Crippen LogP contribution in [0.2, 0.25) is 0 Å². The number of aryl methyl sites for hydroxylation is 2. The van der Waals surface area contributed by atoms with Crippen LogP contribution in [0, 0.1) is 6.92 Å². The summed E-state index contributed by atoms with van der Waals surface area (Å²) in [7, 11) is 1.78. The molecule has 0 radical (unpaired) electrons. The molecule has 1 aromatic heterocycles. The van der Waals surface area contributed by atoms with Gasteiger partial charge in [-0.3, -0.25) is 14.8 Å². The van der Waals surface area contributed by atoms with Crippen molar-refractivity contribution < 1.29 is 9.59 Å². The number of hydrogen-bond acceptors (Lipinski definition) is 3. The minimum absolute atomic E-state index is 0.192. The number of hydrogen-bond donors (Lipinski definition) is 2. The molecule has 3 amide bonds. The smallest absolute Gasteiger partial charge is 0.320 e. The second-order valence-corrected chi connectivity index (χ2v) is 5.37. The fraction of sp³-hybridized carbons (Fsp3) is 0.643. The molecule has 0 unspecified atom stereocenters. The van der Waals surface area contributed by atoms with Crippen molar-refractivity contribution in [2.75, 3.05) is 25.0 Å². The Morgan fingerprint density at radius 1 is 1.38 bits per heavy atom. The van der Waals surface area contributed by atoms with E-state index >= 15 is 0 Å². The van der Waals surface area contributed by atoms with E-state index in [1.165, 1.54) is 0 Å². The van der Waals surface area contributed by atoms with E-state index in [2.05, 4.69) is 15.7 Å². The van der Waals surface area contributed by atoms with Gasteiger partial charge in [0.2, 0.25) is 5.91 Å². The number of carbonyl (C=O) groups excluding carboxylic acids is 2. The summed E-state index contributed by atoms with van der Waals surface area (Å²) < 4.78 is 1.62. The molecule has 0 atom stereocenters. The van der Waals surface area contributed by atoms with Crippen LogP contribution in [0.25, 0.3) is 0 Å². The Balaban J connectivity index is 1.74. The van der Waals surface area contributed by atoms with Gasteiger partial charge in [0.25, 0.3) is 0 Å². The van der Waals surface area contributed by atoms with Gasteiger partial charge in [-0.15, -0.1) is 0 Å². The lowest BCUT2D eigenvalue weighted by Crippen LogP contribution is -2.39. The monoisotopic (exact) mass is 293 g/mol. The summed E-state index contributed by atoms with van der Waals surface area (Å²) in [5.41, 5.74) is 0.850. The molecule has 1 aromatic rings. The zero-order valence-electron chi connectivity index (χ0n) is 12.7. The molecule has 2 heterocycles. The van der Waals surface area contributed by atoms with Gasteiger partial charge in [0.1, 0.15) is 5.82 Å². The topological polar surface area (TPSA) is 79.3 Å². The molecule has 116 valence electrons. The Bertz CT molecular complexity index is 511. The number of anilines is 1. The maximum atomic E-state index is 11.8. The Labute approximate surface area is 124 Å². The Morgan fingerprint density at radius 3 is 2.90 bits per heavy atom. The molecule has 0 saturated carbocycles. The van der Waals surface area contributed by atoms with E-state index in [1.807, 2.05) is 11.8 Å². The number of likely N-dealkylation sites (tertiary alicyclic amines) is 1. The van der Waals surface area contributed by atoms with Crippen LogP contribution in [0.1, 0.15) is 31.4 Å². The van der Waals surface area contributed by atoms with Crippen molar-refractivity contribution in [1.29, 1.82) is 0 Å². The summed E-state index contributed by atoms with van der Waals surface area (Å²) in [6.07, 6.45) is 3.76. The summed E-state index contributed by atoms with van der Waals surface area (Å²) in [5.74, 6) is 0.841. The molecule has 1 saturated heterocycles. The Kier molecular flexibility index (Phi) is 5.19. The maximum Gasteiger partial charge on any atom is 0.320 e. The number of carbonyl (C=O) groups is 2. The molecule has 2 rings (SSSR count). The largest absolute Gasteiger partial charge is 0.341 e. The lowest BCUT2D eigenvalue weighted by Gasteiger charge is -2.20. The lowest BCUT2D eigenvalue weighted by molar-refractivity contribution is -0.130. The van der Waals surface area contributed by atoms with Crippen LogP contribution in [0.5, 0.6) is 0 Å². The van der Waals surface area contributed by atoms with E-state index in [1.54, 1.807) is 17.8 Å². The predicted molar refractivity (Wildman–Crippen MR) is 80.0 cm³/mol. The summed E-state index contributed by atoms with van der Waals surface area (Å²) in [6.45, 7) is 3.68. The number of nitrogens with one attached hydrogen (secondary N) is 2. The summed E-state index contributed by atoms with van der Waals surface area (Å²) in [6, 6.07) is 1.53. The highest BCUT2D eigenvalue weighted by atomic mass is 16.2. The minimum Gasteiger partial charge on any atom is -0.341 e. The molecule has 0 spiro atoms. The quantitative estimate of drug-likeness (QED) is 0.877. The normalized spacial score (nSPS) is 15.7. The highest BCUT2D eigenvalue weighted by Crippen LogP contribution is 2.10. The van der Waals surface area contributed by atoms with Gasteiger partial charge in [0.15, 0.2) is 0 Å². The molecule has 0 aromatic carbocycles.